The standard InChI is InChI=1S/C15H18FNO4/c1-20-14(18)13-9-12(16)7-8-17(13)15(19)21-10-11-5-3-2-4-6-11/h2-6,12-13H,7-10H2,1H3. The van der Waals surface area contributed by atoms with Gasteiger partial charge in [-0.25, -0.2) is 14.0 Å². The van der Waals surface area contributed by atoms with Crippen molar-refractivity contribution in [2.45, 2.75) is 31.7 Å². The van der Waals surface area contributed by atoms with E-state index >= 15 is 0 Å². The Morgan fingerprint density at radius 2 is 2.05 bits per heavy atom. The van der Waals surface area contributed by atoms with E-state index in [-0.39, 0.29) is 26.0 Å². The van der Waals surface area contributed by atoms with Gasteiger partial charge in [-0.15, -0.1) is 0 Å². The lowest BCUT2D eigenvalue weighted by molar-refractivity contribution is -0.148. The van der Waals surface area contributed by atoms with Gasteiger partial charge in [-0.05, 0) is 12.0 Å². The third kappa shape index (κ3) is 3.93. The van der Waals surface area contributed by atoms with Crippen molar-refractivity contribution < 1.29 is 23.5 Å². The summed E-state index contributed by atoms with van der Waals surface area (Å²) in [5.41, 5.74) is 0.848. The first-order valence-electron chi connectivity index (χ1n) is 6.81. The number of hydrogen-bond donors (Lipinski definition) is 0. The number of nitrogens with zero attached hydrogens (tertiary/aromatic N) is 1. The highest BCUT2D eigenvalue weighted by molar-refractivity contribution is 5.81. The van der Waals surface area contributed by atoms with Crippen LogP contribution < -0.4 is 0 Å². The van der Waals surface area contributed by atoms with Crippen LogP contribution in [0, 0.1) is 0 Å². The number of likely N-dealkylation sites (tertiary alicyclic amines) is 1. The Hall–Kier alpha value is -2.11. The summed E-state index contributed by atoms with van der Waals surface area (Å²) in [7, 11) is 1.22. The van der Waals surface area contributed by atoms with Crippen molar-refractivity contribution in [3.05, 3.63) is 35.9 Å². The fourth-order valence-corrected chi connectivity index (χ4v) is 2.30. The molecular formula is C15H18FNO4. The molecule has 1 aliphatic rings. The summed E-state index contributed by atoms with van der Waals surface area (Å²) in [6.07, 6.45) is -1.57. The largest absolute Gasteiger partial charge is 0.467 e. The maximum absolute atomic E-state index is 13.4. The minimum absolute atomic E-state index is 0.0485. The van der Waals surface area contributed by atoms with Crippen LogP contribution in [-0.2, 0) is 20.9 Å². The summed E-state index contributed by atoms with van der Waals surface area (Å²) in [4.78, 5) is 25.0. The predicted octanol–water partition coefficient (Wildman–Crippen LogP) is 2.30. The van der Waals surface area contributed by atoms with Crippen molar-refractivity contribution in [3.8, 4) is 0 Å². The van der Waals surface area contributed by atoms with E-state index in [4.69, 9.17) is 4.74 Å². The second-order valence-corrected chi connectivity index (χ2v) is 4.89. The third-order valence-corrected chi connectivity index (χ3v) is 3.45. The summed E-state index contributed by atoms with van der Waals surface area (Å²) in [5, 5.41) is 0. The van der Waals surface area contributed by atoms with Gasteiger partial charge in [0.25, 0.3) is 0 Å². The maximum atomic E-state index is 13.4. The minimum Gasteiger partial charge on any atom is -0.467 e. The van der Waals surface area contributed by atoms with E-state index in [0.29, 0.717) is 0 Å². The summed E-state index contributed by atoms with van der Waals surface area (Å²) in [6, 6.07) is 8.30. The fourth-order valence-electron chi connectivity index (χ4n) is 2.30. The van der Waals surface area contributed by atoms with Gasteiger partial charge in [0, 0.05) is 13.0 Å². The van der Waals surface area contributed by atoms with Crippen LogP contribution in [0.25, 0.3) is 0 Å². The Balaban J connectivity index is 1.97. The Kier molecular flexibility index (Phi) is 5.14. The molecule has 1 aromatic rings. The van der Waals surface area contributed by atoms with Crippen LogP contribution in [0.5, 0.6) is 0 Å². The summed E-state index contributed by atoms with van der Waals surface area (Å²) in [6.45, 7) is 0.262. The molecule has 114 valence electrons. The normalized spacial score (nSPS) is 21.7. The molecule has 0 bridgehead atoms. The summed E-state index contributed by atoms with van der Waals surface area (Å²) >= 11 is 0. The van der Waals surface area contributed by atoms with Gasteiger partial charge < -0.3 is 9.47 Å². The molecule has 0 spiro atoms. The highest BCUT2D eigenvalue weighted by atomic mass is 19.1. The smallest absolute Gasteiger partial charge is 0.410 e. The number of benzene rings is 1. The molecule has 1 aliphatic heterocycles. The van der Waals surface area contributed by atoms with Crippen molar-refractivity contribution in [1.29, 1.82) is 0 Å². The Bertz CT molecular complexity index is 494. The van der Waals surface area contributed by atoms with Crippen molar-refractivity contribution in [2.75, 3.05) is 13.7 Å². The molecule has 2 rings (SSSR count). The van der Waals surface area contributed by atoms with E-state index in [2.05, 4.69) is 4.74 Å². The Labute approximate surface area is 122 Å². The number of esters is 1. The first-order chi connectivity index (χ1) is 10.1. The number of carbonyl (C=O) groups is 2. The topological polar surface area (TPSA) is 55.8 Å². The lowest BCUT2D eigenvalue weighted by atomic mass is 10.0. The predicted molar refractivity (Wildman–Crippen MR) is 73.3 cm³/mol. The highest BCUT2D eigenvalue weighted by Gasteiger charge is 2.37. The zero-order valence-electron chi connectivity index (χ0n) is 11.8. The van der Waals surface area contributed by atoms with E-state index in [1.54, 1.807) is 0 Å². The average molecular weight is 295 g/mol. The zero-order valence-corrected chi connectivity index (χ0v) is 11.8. The SMILES string of the molecule is COC(=O)C1CC(F)CCN1C(=O)OCc1ccccc1. The number of amides is 1. The molecule has 1 amide bonds. The lowest BCUT2D eigenvalue weighted by Gasteiger charge is -2.34. The molecule has 0 radical (unpaired) electrons. The number of hydrogen-bond acceptors (Lipinski definition) is 4. The van der Waals surface area contributed by atoms with Crippen molar-refractivity contribution in [1.82, 2.24) is 4.90 Å². The number of rotatable bonds is 3. The number of ether oxygens (including phenoxy) is 2. The van der Waals surface area contributed by atoms with E-state index < -0.39 is 24.3 Å². The van der Waals surface area contributed by atoms with Gasteiger partial charge in [0.05, 0.1) is 7.11 Å². The van der Waals surface area contributed by atoms with Gasteiger partial charge in [-0.1, -0.05) is 30.3 Å². The van der Waals surface area contributed by atoms with E-state index in [0.717, 1.165) is 5.56 Å². The molecule has 0 aliphatic carbocycles. The van der Waals surface area contributed by atoms with E-state index in [9.17, 15) is 14.0 Å². The second kappa shape index (κ2) is 7.06. The van der Waals surface area contributed by atoms with Crippen LogP contribution >= 0.6 is 0 Å². The van der Waals surface area contributed by atoms with Crippen LogP contribution in [0.15, 0.2) is 30.3 Å². The van der Waals surface area contributed by atoms with Gasteiger partial charge in [-0.3, -0.25) is 4.90 Å². The lowest BCUT2D eigenvalue weighted by Crippen LogP contribution is -2.51. The van der Waals surface area contributed by atoms with E-state index in [1.807, 2.05) is 30.3 Å². The first-order valence-corrected chi connectivity index (χ1v) is 6.81. The molecule has 2 atom stereocenters. The van der Waals surface area contributed by atoms with Gasteiger partial charge in [-0.2, -0.15) is 0 Å². The molecule has 21 heavy (non-hydrogen) atoms. The molecule has 1 fully saturated rings. The third-order valence-electron chi connectivity index (χ3n) is 3.45. The molecular weight excluding hydrogens is 277 g/mol. The second-order valence-electron chi connectivity index (χ2n) is 4.89. The molecule has 1 heterocycles. The summed E-state index contributed by atoms with van der Waals surface area (Å²) in [5.74, 6) is -0.617. The minimum atomic E-state index is -1.10. The van der Waals surface area contributed by atoms with Crippen molar-refractivity contribution in [2.24, 2.45) is 0 Å². The van der Waals surface area contributed by atoms with Crippen LogP contribution in [0.1, 0.15) is 18.4 Å². The highest BCUT2D eigenvalue weighted by Crippen LogP contribution is 2.22. The number of halogens is 1. The van der Waals surface area contributed by atoms with Gasteiger partial charge in [0.1, 0.15) is 18.8 Å². The van der Waals surface area contributed by atoms with Crippen LogP contribution in [0.3, 0.4) is 0 Å². The van der Waals surface area contributed by atoms with Gasteiger partial charge in [0.15, 0.2) is 0 Å². The van der Waals surface area contributed by atoms with Crippen LogP contribution in [0.2, 0.25) is 0 Å². The first kappa shape index (κ1) is 15.3. The molecule has 6 heteroatoms. The molecule has 1 aromatic carbocycles. The quantitative estimate of drug-likeness (QED) is 0.803. The van der Waals surface area contributed by atoms with Crippen LogP contribution in [-0.4, -0.2) is 42.8 Å². The van der Waals surface area contributed by atoms with Gasteiger partial charge in [0.2, 0.25) is 0 Å². The molecule has 2 unspecified atom stereocenters. The van der Waals surface area contributed by atoms with Crippen molar-refractivity contribution >= 4 is 12.1 Å². The van der Waals surface area contributed by atoms with Crippen molar-refractivity contribution in [3.63, 3.8) is 0 Å². The molecule has 0 N–H and O–H groups in total. The Morgan fingerprint density at radius 3 is 2.71 bits per heavy atom. The zero-order chi connectivity index (χ0) is 15.2. The Morgan fingerprint density at radius 1 is 1.33 bits per heavy atom. The number of carbonyl (C=O) groups excluding carboxylic acids is 2. The molecule has 1 saturated heterocycles. The van der Waals surface area contributed by atoms with Gasteiger partial charge >= 0.3 is 12.1 Å². The summed E-state index contributed by atoms with van der Waals surface area (Å²) < 4.78 is 23.2. The fraction of sp³-hybridized carbons (Fsp3) is 0.467. The number of methoxy groups -OCH3 is 1. The van der Waals surface area contributed by atoms with E-state index in [1.165, 1.54) is 12.0 Å². The molecule has 0 aromatic heterocycles. The number of alkyl halides is 1. The average Bonchev–Trinajstić information content (AvgIpc) is 2.52. The number of piperidine rings is 1. The molecule has 5 nitrogen and oxygen atoms in total. The van der Waals surface area contributed by atoms with Crippen LogP contribution in [0.4, 0.5) is 9.18 Å². The maximum Gasteiger partial charge on any atom is 0.410 e. The molecule has 0 saturated carbocycles. The monoisotopic (exact) mass is 295 g/mol.